The van der Waals surface area contributed by atoms with Gasteiger partial charge in [0.15, 0.2) is 6.61 Å². The summed E-state index contributed by atoms with van der Waals surface area (Å²) in [5.41, 5.74) is 3.44. The lowest BCUT2D eigenvalue weighted by Gasteiger charge is -2.10. The highest BCUT2D eigenvalue weighted by Crippen LogP contribution is 2.29. The maximum absolute atomic E-state index is 12.5. The number of carbonyl (C=O) groups is 2. The molecule has 29 heavy (non-hydrogen) atoms. The van der Waals surface area contributed by atoms with Gasteiger partial charge in [0.1, 0.15) is 4.88 Å². The van der Waals surface area contributed by atoms with Crippen molar-refractivity contribution in [1.29, 1.82) is 5.26 Å². The molecule has 2 aromatic carbocycles. The molecule has 0 saturated heterocycles. The normalized spacial score (nSPS) is 10.2. The topological polar surface area (TPSA) is 79.2 Å². The molecule has 0 atom stereocenters. The molecular formula is C22H18N2O3S2. The maximum Gasteiger partial charge on any atom is 0.349 e. The molecule has 0 unspecified atom stereocenters. The van der Waals surface area contributed by atoms with E-state index >= 15 is 0 Å². The largest absolute Gasteiger partial charge is 0.451 e. The number of thioether (sulfide) groups is 1. The zero-order valence-electron chi connectivity index (χ0n) is 15.7. The Bertz CT molecular complexity index is 1050. The number of hydrogen-bond donors (Lipinski definition) is 1. The molecule has 1 amide bonds. The van der Waals surface area contributed by atoms with Crippen LogP contribution >= 0.6 is 23.1 Å². The summed E-state index contributed by atoms with van der Waals surface area (Å²) in [6.45, 7) is 1.61. The molecule has 0 saturated carbocycles. The summed E-state index contributed by atoms with van der Waals surface area (Å²) in [6.07, 6.45) is 0. The zero-order valence-corrected chi connectivity index (χ0v) is 17.3. The predicted octanol–water partition coefficient (Wildman–Crippen LogP) is 5.13. The second-order valence-electron chi connectivity index (χ2n) is 6.10. The molecule has 1 heterocycles. The Kier molecular flexibility index (Phi) is 7.06. The van der Waals surface area contributed by atoms with Gasteiger partial charge in [0, 0.05) is 10.5 Å². The number of esters is 1. The van der Waals surface area contributed by atoms with Gasteiger partial charge in [-0.2, -0.15) is 5.26 Å². The van der Waals surface area contributed by atoms with Gasteiger partial charge in [-0.25, -0.2) is 4.79 Å². The fraction of sp³-hybridized carbons (Fsp3) is 0.136. The Labute approximate surface area is 177 Å². The summed E-state index contributed by atoms with van der Waals surface area (Å²) >= 11 is 2.61. The predicted molar refractivity (Wildman–Crippen MR) is 116 cm³/mol. The van der Waals surface area contributed by atoms with Gasteiger partial charge in [-0.1, -0.05) is 42.0 Å². The minimum atomic E-state index is -0.530. The summed E-state index contributed by atoms with van der Waals surface area (Å²) in [6, 6.07) is 19.0. The van der Waals surface area contributed by atoms with Crippen LogP contribution in [-0.2, 0) is 9.53 Å². The molecule has 146 valence electrons. The first-order valence-corrected chi connectivity index (χ1v) is 10.7. The van der Waals surface area contributed by atoms with Crippen molar-refractivity contribution in [3.8, 4) is 17.2 Å². The summed E-state index contributed by atoms with van der Waals surface area (Å²) in [4.78, 5) is 26.0. The van der Waals surface area contributed by atoms with Gasteiger partial charge in [-0.05, 0) is 36.1 Å². The molecule has 0 spiro atoms. The Morgan fingerprint density at radius 3 is 2.66 bits per heavy atom. The van der Waals surface area contributed by atoms with Gasteiger partial charge in [0.25, 0.3) is 5.91 Å². The van der Waals surface area contributed by atoms with Gasteiger partial charge >= 0.3 is 5.97 Å². The van der Waals surface area contributed by atoms with Crippen molar-refractivity contribution in [1.82, 2.24) is 0 Å². The van der Waals surface area contributed by atoms with E-state index in [2.05, 4.69) is 11.4 Å². The van der Waals surface area contributed by atoms with E-state index in [1.54, 1.807) is 12.1 Å². The van der Waals surface area contributed by atoms with Crippen molar-refractivity contribution >= 4 is 40.7 Å². The first-order valence-electron chi connectivity index (χ1n) is 8.79. The van der Waals surface area contributed by atoms with Crippen LogP contribution in [0.2, 0.25) is 0 Å². The smallest absolute Gasteiger partial charge is 0.349 e. The summed E-state index contributed by atoms with van der Waals surface area (Å²) in [5.74, 6) is -0.683. The molecule has 5 nitrogen and oxygen atoms in total. The number of nitriles is 1. The lowest BCUT2D eigenvalue weighted by molar-refractivity contribution is -0.119. The Morgan fingerprint density at radius 2 is 1.90 bits per heavy atom. The van der Waals surface area contributed by atoms with E-state index < -0.39 is 11.9 Å². The number of para-hydroxylation sites is 1. The van der Waals surface area contributed by atoms with Crippen LogP contribution in [0.1, 0.15) is 15.2 Å². The van der Waals surface area contributed by atoms with Gasteiger partial charge in [-0.15, -0.1) is 23.1 Å². The van der Waals surface area contributed by atoms with Crippen LogP contribution in [0.4, 0.5) is 5.69 Å². The highest BCUT2D eigenvalue weighted by molar-refractivity contribution is 7.99. The van der Waals surface area contributed by atoms with Crippen LogP contribution in [0.3, 0.4) is 0 Å². The third-order valence-corrected chi connectivity index (χ3v) is 5.84. The van der Waals surface area contributed by atoms with E-state index in [0.717, 1.165) is 21.6 Å². The average molecular weight is 423 g/mol. The second kappa shape index (κ2) is 9.92. The van der Waals surface area contributed by atoms with Crippen molar-refractivity contribution in [3.63, 3.8) is 0 Å². The number of amides is 1. The molecule has 0 bridgehead atoms. The van der Waals surface area contributed by atoms with Gasteiger partial charge in [0.2, 0.25) is 0 Å². The SMILES string of the molecule is Cc1ccc(-c2ccsc2C(=O)OCC(=O)Nc2ccccc2SCC#N)cc1. The van der Waals surface area contributed by atoms with E-state index in [1.165, 1.54) is 23.1 Å². The minimum Gasteiger partial charge on any atom is -0.451 e. The molecule has 0 aliphatic carbocycles. The summed E-state index contributed by atoms with van der Waals surface area (Å²) < 4.78 is 5.23. The fourth-order valence-corrected chi connectivity index (χ4v) is 4.09. The number of rotatable bonds is 7. The van der Waals surface area contributed by atoms with Crippen LogP contribution in [0.5, 0.6) is 0 Å². The van der Waals surface area contributed by atoms with Crippen LogP contribution in [0.25, 0.3) is 11.1 Å². The molecule has 1 aromatic heterocycles. The number of nitrogens with zero attached hydrogens (tertiary/aromatic N) is 1. The molecule has 0 fully saturated rings. The Hall–Kier alpha value is -3.08. The average Bonchev–Trinajstić information content (AvgIpc) is 3.22. The number of anilines is 1. The van der Waals surface area contributed by atoms with Crippen LogP contribution in [0.15, 0.2) is 64.9 Å². The summed E-state index contributed by atoms with van der Waals surface area (Å²) in [7, 11) is 0. The molecule has 7 heteroatoms. The summed E-state index contributed by atoms with van der Waals surface area (Å²) in [5, 5.41) is 13.3. The van der Waals surface area contributed by atoms with E-state index in [4.69, 9.17) is 10.00 Å². The quantitative estimate of drug-likeness (QED) is 0.421. The van der Waals surface area contributed by atoms with Crippen LogP contribution < -0.4 is 5.32 Å². The lowest BCUT2D eigenvalue weighted by Crippen LogP contribution is -2.21. The molecule has 0 aliphatic rings. The zero-order chi connectivity index (χ0) is 20.6. The molecule has 1 N–H and O–H groups in total. The molecule has 3 aromatic rings. The lowest BCUT2D eigenvalue weighted by atomic mass is 10.1. The number of hydrogen-bond acceptors (Lipinski definition) is 6. The maximum atomic E-state index is 12.5. The molecule has 0 radical (unpaired) electrons. The second-order valence-corrected chi connectivity index (χ2v) is 8.03. The van der Waals surface area contributed by atoms with Gasteiger partial charge < -0.3 is 10.1 Å². The van der Waals surface area contributed by atoms with Crippen molar-refractivity contribution in [2.75, 3.05) is 17.7 Å². The number of carbonyl (C=O) groups excluding carboxylic acids is 2. The number of ether oxygens (including phenoxy) is 1. The number of benzene rings is 2. The molecular weight excluding hydrogens is 404 g/mol. The van der Waals surface area contributed by atoms with Crippen molar-refractivity contribution < 1.29 is 14.3 Å². The highest BCUT2D eigenvalue weighted by atomic mass is 32.2. The van der Waals surface area contributed by atoms with Crippen LogP contribution in [-0.4, -0.2) is 24.2 Å². The molecule has 3 rings (SSSR count). The van der Waals surface area contributed by atoms with Crippen LogP contribution in [0, 0.1) is 18.3 Å². The van der Waals surface area contributed by atoms with Gasteiger partial charge in [-0.3, -0.25) is 4.79 Å². The van der Waals surface area contributed by atoms with Gasteiger partial charge in [0.05, 0.1) is 17.5 Å². The number of thiophene rings is 1. The first-order chi connectivity index (χ1) is 14.1. The van der Waals surface area contributed by atoms with E-state index in [1.807, 2.05) is 54.8 Å². The Morgan fingerprint density at radius 1 is 1.14 bits per heavy atom. The highest BCUT2D eigenvalue weighted by Gasteiger charge is 2.17. The minimum absolute atomic E-state index is 0.280. The standard InChI is InChI=1S/C22H18N2O3S2/c1-15-6-8-16(9-7-15)17-10-12-29-21(17)22(26)27-14-20(25)24-18-4-2-3-5-19(18)28-13-11-23/h2-10,12H,13-14H2,1H3,(H,24,25). The van der Waals surface area contributed by atoms with Crippen molar-refractivity contribution in [2.45, 2.75) is 11.8 Å². The number of nitrogens with one attached hydrogen (secondary N) is 1. The van der Waals surface area contributed by atoms with E-state index in [9.17, 15) is 9.59 Å². The van der Waals surface area contributed by atoms with E-state index in [-0.39, 0.29) is 12.4 Å². The number of aryl methyl sites for hydroxylation is 1. The molecule has 0 aliphatic heterocycles. The van der Waals surface area contributed by atoms with Crippen molar-refractivity contribution in [3.05, 3.63) is 70.4 Å². The fourth-order valence-electron chi connectivity index (χ4n) is 2.62. The van der Waals surface area contributed by atoms with Crippen molar-refractivity contribution in [2.24, 2.45) is 0 Å². The Balaban J connectivity index is 1.62. The van der Waals surface area contributed by atoms with E-state index in [0.29, 0.717) is 10.6 Å². The monoisotopic (exact) mass is 422 g/mol. The first kappa shape index (κ1) is 20.6. The third kappa shape index (κ3) is 5.47. The third-order valence-electron chi connectivity index (χ3n) is 4.00.